The number of para-hydroxylation sites is 1. The van der Waals surface area contributed by atoms with Crippen LogP contribution in [-0.2, 0) is 6.42 Å². The zero-order chi connectivity index (χ0) is 14.1. The van der Waals surface area contributed by atoms with Crippen LogP contribution in [0.3, 0.4) is 0 Å². The van der Waals surface area contributed by atoms with Crippen LogP contribution in [0.1, 0.15) is 29.9 Å². The van der Waals surface area contributed by atoms with E-state index in [-0.39, 0.29) is 0 Å². The van der Waals surface area contributed by atoms with E-state index in [9.17, 15) is 5.11 Å². The van der Waals surface area contributed by atoms with Crippen LogP contribution in [0.15, 0.2) is 47.1 Å². The molecular formula is C16H14ClNO2. The van der Waals surface area contributed by atoms with E-state index < -0.39 is 6.10 Å². The minimum absolute atomic E-state index is 0.494. The van der Waals surface area contributed by atoms with E-state index in [1.807, 2.05) is 31.2 Å². The fourth-order valence-corrected chi connectivity index (χ4v) is 2.56. The minimum atomic E-state index is -0.809. The Kier molecular flexibility index (Phi) is 3.47. The van der Waals surface area contributed by atoms with Gasteiger partial charge in [-0.3, -0.25) is 4.98 Å². The topological polar surface area (TPSA) is 46.3 Å². The van der Waals surface area contributed by atoms with Crippen LogP contribution >= 0.6 is 11.6 Å². The van der Waals surface area contributed by atoms with E-state index in [4.69, 9.17) is 16.0 Å². The lowest BCUT2D eigenvalue weighted by Crippen LogP contribution is -2.02. The predicted molar refractivity (Wildman–Crippen MR) is 78.9 cm³/mol. The Bertz CT molecular complexity index is 751. The number of halogens is 1. The molecule has 3 nitrogen and oxygen atoms in total. The number of fused-ring (bicyclic) bond motifs is 1. The van der Waals surface area contributed by atoms with Crippen molar-refractivity contribution in [3.63, 3.8) is 0 Å². The second-order valence-electron chi connectivity index (χ2n) is 4.64. The van der Waals surface area contributed by atoms with E-state index in [1.165, 1.54) is 0 Å². The normalized spacial score (nSPS) is 12.8. The van der Waals surface area contributed by atoms with Gasteiger partial charge < -0.3 is 9.52 Å². The van der Waals surface area contributed by atoms with Gasteiger partial charge in [-0.05, 0) is 35.7 Å². The second kappa shape index (κ2) is 5.27. The molecule has 0 spiro atoms. The Morgan fingerprint density at radius 1 is 1.35 bits per heavy atom. The highest BCUT2D eigenvalue weighted by Gasteiger charge is 2.18. The first-order valence-electron chi connectivity index (χ1n) is 6.49. The van der Waals surface area contributed by atoms with Gasteiger partial charge in [0.2, 0.25) is 0 Å². The van der Waals surface area contributed by atoms with Gasteiger partial charge in [-0.2, -0.15) is 0 Å². The molecule has 0 radical (unpaired) electrons. The third kappa shape index (κ3) is 2.19. The summed E-state index contributed by atoms with van der Waals surface area (Å²) in [6.07, 6.45) is 3.44. The molecule has 102 valence electrons. The standard InChI is InChI=1S/C16H14ClNO2/c1-2-10-9-18-7-6-12(10)15(19)14-8-11-4-3-5-13(17)16(11)20-14/h3-9,15,19H,2H2,1H3. The molecule has 0 saturated heterocycles. The van der Waals surface area contributed by atoms with Gasteiger partial charge >= 0.3 is 0 Å². The van der Waals surface area contributed by atoms with Crippen LogP contribution in [0, 0.1) is 0 Å². The molecule has 3 aromatic rings. The minimum Gasteiger partial charge on any atom is -0.456 e. The molecule has 0 aliphatic rings. The van der Waals surface area contributed by atoms with Gasteiger partial charge in [-0.1, -0.05) is 30.7 Å². The van der Waals surface area contributed by atoms with Gasteiger partial charge in [-0.15, -0.1) is 0 Å². The molecule has 3 rings (SSSR count). The van der Waals surface area contributed by atoms with Crippen LogP contribution < -0.4 is 0 Å². The van der Waals surface area contributed by atoms with Gasteiger partial charge in [-0.25, -0.2) is 0 Å². The molecule has 0 bridgehead atoms. The third-order valence-corrected chi connectivity index (χ3v) is 3.70. The molecule has 1 N–H and O–H groups in total. The number of furan rings is 1. The van der Waals surface area contributed by atoms with E-state index in [1.54, 1.807) is 18.5 Å². The molecule has 1 unspecified atom stereocenters. The zero-order valence-electron chi connectivity index (χ0n) is 11.0. The van der Waals surface area contributed by atoms with Crippen molar-refractivity contribution in [2.24, 2.45) is 0 Å². The third-order valence-electron chi connectivity index (χ3n) is 3.40. The number of nitrogens with zero attached hydrogens (tertiary/aromatic N) is 1. The summed E-state index contributed by atoms with van der Waals surface area (Å²) in [5.41, 5.74) is 2.43. The average Bonchev–Trinajstić information content (AvgIpc) is 2.92. The SMILES string of the molecule is CCc1cnccc1C(O)c1cc2cccc(Cl)c2o1. The van der Waals surface area contributed by atoms with Gasteiger partial charge in [0.1, 0.15) is 11.9 Å². The molecule has 20 heavy (non-hydrogen) atoms. The monoisotopic (exact) mass is 287 g/mol. The highest BCUT2D eigenvalue weighted by Crippen LogP contribution is 2.32. The molecule has 0 aliphatic carbocycles. The largest absolute Gasteiger partial charge is 0.456 e. The molecule has 1 aromatic carbocycles. The van der Waals surface area contributed by atoms with Crippen molar-refractivity contribution in [3.8, 4) is 0 Å². The van der Waals surface area contributed by atoms with Crippen molar-refractivity contribution in [3.05, 3.63) is 64.6 Å². The summed E-state index contributed by atoms with van der Waals surface area (Å²) in [6.45, 7) is 2.03. The summed E-state index contributed by atoms with van der Waals surface area (Å²) in [5, 5.41) is 12.0. The lowest BCUT2D eigenvalue weighted by Gasteiger charge is -2.11. The molecule has 0 saturated carbocycles. The van der Waals surface area contributed by atoms with Crippen LogP contribution in [-0.4, -0.2) is 10.1 Å². The number of aliphatic hydroxyl groups excluding tert-OH is 1. The first kappa shape index (κ1) is 13.2. The fraction of sp³-hybridized carbons (Fsp3) is 0.188. The predicted octanol–water partition coefficient (Wildman–Crippen LogP) is 4.13. The van der Waals surface area contributed by atoms with Gasteiger partial charge in [0.25, 0.3) is 0 Å². The second-order valence-corrected chi connectivity index (χ2v) is 5.04. The summed E-state index contributed by atoms with van der Waals surface area (Å²) in [6, 6.07) is 9.19. The van der Waals surface area contributed by atoms with Gasteiger partial charge in [0.05, 0.1) is 5.02 Å². The average molecular weight is 288 g/mol. The summed E-state index contributed by atoms with van der Waals surface area (Å²) >= 11 is 6.09. The van der Waals surface area contributed by atoms with E-state index in [0.717, 1.165) is 22.9 Å². The van der Waals surface area contributed by atoms with Crippen molar-refractivity contribution >= 4 is 22.6 Å². The quantitative estimate of drug-likeness (QED) is 0.788. The number of hydrogen-bond donors (Lipinski definition) is 1. The summed E-state index contributed by atoms with van der Waals surface area (Å²) < 4.78 is 5.71. The Hall–Kier alpha value is -1.84. The van der Waals surface area contributed by atoms with Crippen LogP contribution in [0.2, 0.25) is 5.02 Å². The number of rotatable bonds is 3. The summed E-state index contributed by atoms with van der Waals surface area (Å²) in [5.74, 6) is 0.494. The smallest absolute Gasteiger partial charge is 0.153 e. The van der Waals surface area contributed by atoms with Crippen molar-refractivity contribution in [1.82, 2.24) is 4.98 Å². The van der Waals surface area contributed by atoms with E-state index in [0.29, 0.717) is 16.4 Å². The maximum atomic E-state index is 10.5. The summed E-state index contributed by atoms with van der Waals surface area (Å²) in [7, 11) is 0. The number of aromatic nitrogens is 1. The molecule has 2 heterocycles. The maximum Gasteiger partial charge on any atom is 0.153 e. The van der Waals surface area contributed by atoms with Crippen LogP contribution in [0.4, 0.5) is 0 Å². The molecule has 0 aliphatic heterocycles. The number of benzene rings is 1. The number of aliphatic hydroxyl groups is 1. The van der Waals surface area contributed by atoms with E-state index in [2.05, 4.69) is 4.98 Å². The van der Waals surface area contributed by atoms with Gasteiger partial charge in [0, 0.05) is 17.8 Å². The highest BCUT2D eigenvalue weighted by atomic mass is 35.5. The first-order chi connectivity index (χ1) is 9.70. The molecular weight excluding hydrogens is 274 g/mol. The number of pyridine rings is 1. The Morgan fingerprint density at radius 2 is 2.20 bits per heavy atom. The van der Waals surface area contributed by atoms with Crippen molar-refractivity contribution in [1.29, 1.82) is 0 Å². The summed E-state index contributed by atoms with van der Waals surface area (Å²) in [4.78, 5) is 4.09. The Labute approximate surface area is 121 Å². The van der Waals surface area contributed by atoms with Crippen molar-refractivity contribution < 1.29 is 9.52 Å². The van der Waals surface area contributed by atoms with Crippen LogP contribution in [0.5, 0.6) is 0 Å². The maximum absolute atomic E-state index is 10.5. The number of hydrogen-bond acceptors (Lipinski definition) is 3. The molecule has 0 fully saturated rings. The lowest BCUT2D eigenvalue weighted by molar-refractivity contribution is 0.191. The molecule has 2 aromatic heterocycles. The van der Waals surface area contributed by atoms with Crippen LogP contribution in [0.25, 0.3) is 11.0 Å². The highest BCUT2D eigenvalue weighted by molar-refractivity contribution is 6.34. The first-order valence-corrected chi connectivity index (χ1v) is 6.87. The molecule has 1 atom stereocenters. The Morgan fingerprint density at radius 3 is 2.95 bits per heavy atom. The Balaban J connectivity index is 2.08. The molecule has 4 heteroatoms. The van der Waals surface area contributed by atoms with Crippen molar-refractivity contribution in [2.45, 2.75) is 19.4 Å². The van der Waals surface area contributed by atoms with Gasteiger partial charge in [0.15, 0.2) is 5.58 Å². The number of aryl methyl sites for hydroxylation is 1. The lowest BCUT2D eigenvalue weighted by atomic mass is 10.0. The van der Waals surface area contributed by atoms with E-state index >= 15 is 0 Å². The van der Waals surface area contributed by atoms with Crippen molar-refractivity contribution in [2.75, 3.05) is 0 Å². The molecule has 0 amide bonds. The fourth-order valence-electron chi connectivity index (χ4n) is 2.34. The zero-order valence-corrected chi connectivity index (χ0v) is 11.8.